The lowest BCUT2D eigenvalue weighted by Crippen LogP contribution is -2.45. The maximum absolute atomic E-state index is 13.4. The molecule has 1 aliphatic rings. The molecule has 5 nitrogen and oxygen atoms in total. The molecule has 1 N–H and O–H groups in total. The van der Waals surface area contributed by atoms with Crippen molar-refractivity contribution in [2.45, 2.75) is 69.7 Å². The van der Waals surface area contributed by atoms with Crippen molar-refractivity contribution in [3.05, 3.63) is 59.7 Å². The first-order valence-corrected chi connectivity index (χ1v) is 12.2. The average Bonchev–Trinajstić information content (AvgIpc) is 2.73. The number of nitrogens with zero attached hydrogens (tertiary/aromatic N) is 1. The fourth-order valence-corrected chi connectivity index (χ4v) is 5.56. The molecule has 0 radical (unpaired) electrons. The summed E-state index contributed by atoms with van der Waals surface area (Å²) >= 11 is 0. The van der Waals surface area contributed by atoms with E-state index in [1.54, 1.807) is 24.3 Å². The van der Waals surface area contributed by atoms with Crippen LogP contribution in [0.2, 0.25) is 0 Å². The smallest absolute Gasteiger partial charge is 0.243 e. The molecule has 3 rings (SSSR count). The minimum atomic E-state index is -3.75. The number of aryl methyl sites for hydroxylation is 1. The lowest BCUT2D eigenvalue weighted by molar-refractivity contribution is -0.116. The number of hydrogen-bond donors (Lipinski definition) is 1. The van der Waals surface area contributed by atoms with Crippen LogP contribution in [0.1, 0.15) is 63.0 Å². The summed E-state index contributed by atoms with van der Waals surface area (Å²) in [4.78, 5) is 13.0. The zero-order valence-corrected chi connectivity index (χ0v) is 18.9. The van der Waals surface area contributed by atoms with Crippen molar-refractivity contribution >= 4 is 21.6 Å². The van der Waals surface area contributed by atoms with Crippen LogP contribution in [0, 0.1) is 6.92 Å². The summed E-state index contributed by atoms with van der Waals surface area (Å²) in [6.45, 7) is 5.98. The molecule has 0 bridgehead atoms. The Morgan fingerprint density at radius 3 is 2.17 bits per heavy atom. The minimum Gasteiger partial charge on any atom is -0.325 e. The Hall–Kier alpha value is -2.18. The number of sulfonamides is 1. The molecule has 1 amide bonds. The highest BCUT2D eigenvalue weighted by molar-refractivity contribution is 7.89. The zero-order valence-electron chi connectivity index (χ0n) is 18.1. The minimum absolute atomic E-state index is 0.140. The van der Waals surface area contributed by atoms with Crippen molar-refractivity contribution in [3.63, 3.8) is 0 Å². The second kappa shape index (κ2) is 9.75. The van der Waals surface area contributed by atoms with Gasteiger partial charge in [0.25, 0.3) is 0 Å². The SMILES string of the molecule is Cc1ccc(S(=O)(=O)N(CC(=O)Nc2ccc(C(C)C)cc2)C2CCCCC2)cc1. The number of benzene rings is 2. The van der Waals surface area contributed by atoms with Crippen molar-refractivity contribution in [1.82, 2.24) is 4.31 Å². The molecule has 30 heavy (non-hydrogen) atoms. The molecular weight excluding hydrogens is 396 g/mol. The number of rotatable bonds is 7. The summed E-state index contributed by atoms with van der Waals surface area (Å²) in [6, 6.07) is 14.4. The molecule has 0 saturated heterocycles. The maximum Gasteiger partial charge on any atom is 0.243 e. The molecule has 0 unspecified atom stereocenters. The van der Waals surface area contributed by atoms with Crippen molar-refractivity contribution in [2.75, 3.05) is 11.9 Å². The van der Waals surface area contributed by atoms with Crippen LogP contribution in [0.5, 0.6) is 0 Å². The predicted molar refractivity (Wildman–Crippen MR) is 121 cm³/mol. The first kappa shape index (κ1) is 22.5. The van der Waals surface area contributed by atoms with E-state index in [1.165, 1.54) is 9.87 Å². The van der Waals surface area contributed by atoms with Crippen LogP contribution in [0.25, 0.3) is 0 Å². The average molecular weight is 429 g/mol. The highest BCUT2D eigenvalue weighted by Crippen LogP contribution is 2.28. The molecule has 0 spiro atoms. The van der Waals surface area contributed by atoms with Gasteiger partial charge in [0.15, 0.2) is 0 Å². The molecule has 0 heterocycles. The summed E-state index contributed by atoms with van der Waals surface area (Å²) in [7, 11) is -3.75. The second-order valence-corrected chi connectivity index (χ2v) is 10.4. The van der Waals surface area contributed by atoms with Gasteiger partial charge in [0, 0.05) is 11.7 Å². The van der Waals surface area contributed by atoms with Crippen LogP contribution in [0.3, 0.4) is 0 Å². The van der Waals surface area contributed by atoms with E-state index in [0.29, 0.717) is 11.6 Å². The maximum atomic E-state index is 13.4. The van der Waals surface area contributed by atoms with Gasteiger partial charge in [-0.2, -0.15) is 4.31 Å². The van der Waals surface area contributed by atoms with E-state index < -0.39 is 10.0 Å². The molecule has 1 saturated carbocycles. The summed E-state index contributed by atoms with van der Waals surface area (Å²) in [5.74, 6) is 0.102. The first-order chi connectivity index (χ1) is 14.3. The molecule has 0 aliphatic heterocycles. The quantitative estimate of drug-likeness (QED) is 0.669. The Labute approximate surface area is 180 Å². The number of carbonyl (C=O) groups is 1. The molecule has 1 fully saturated rings. The topological polar surface area (TPSA) is 66.5 Å². The van der Waals surface area contributed by atoms with Crippen LogP contribution in [0.15, 0.2) is 53.4 Å². The summed E-state index contributed by atoms with van der Waals surface area (Å²) < 4.78 is 28.2. The third-order valence-corrected chi connectivity index (χ3v) is 7.68. The van der Waals surface area contributed by atoms with Crippen LogP contribution in [-0.2, 0) is 14.8 Å². The monoisotopic (exact) mass is 428 g/mol. The molecule has 6 heteroatoms. The lowest BCUT2D eigenvalue weighted by atomic mass is 9.95. The Morgan fingerprint density at radius 2 is 1.60 bits per heavy atom. The Bertz CT molecular complexity index is 945. The van der Waals surface area contributed by atoms with Crippen LogP contribution in [0.4, 0.5) is 5.69 Å². The fourth-order valence-electron chi connectivity index (χ4n) is 3.92. The van der Waals surface area contributed by atoms with E-state index in [4.69, 9.17) is 0 Å². The van der Waals surface area contributed by atoms with Gasteiger partial charge in [0.1, 0.15) is 0 Å². The van der Waals surface area contributed by atoms with Gasteiger partial charge < -0.3 is 5.32 Å². The fraction of sp³-hybridized carbons (Fsp3) is 0.458. The van der Waals surface area contributed by atoms with Gasteiger partial charge >= 0.3 is 0 Å². The van der Waals surface area contributed by atoms with Crippen LogP contribution >= 0.6 is 0 Å². The van der Waals surface area contributed by atoms with E-state index in [0.717, 1.165) is 37.7 Å². The van der Waals surface area contributed by atoms with Crippen molar-refractivity contribution in [3.8, 4) is 0 Å². The summed E-state index contributed by atoms with van der Waals surface area (Å²) in [5, 5.41) is 2.87. The van der Waals surface area contributed by atoms with Crippen molar-refractivity contribution in [2.24, 2.45) is 0 Å². The molecule has 0 aromatic heterocycles. The van der Waals surface area contributed by atoms with E-state index >= 15 is 0 Å². The summed E-state index contributed by atoms with van der Waals surface area (Å²) in [6.07, 6.45) is 4.68. The van der Waals surface area contributed by atoms with E-state index in [1.807, 2.05) is 31.2 Å². The molecule has 2 aromatic rings. The second-order valence-electron chi connectivity index (χ2n) is 8.48. The molecule has 0 atom stereocenters. The van der Waals surface area contributed by atoms with E-state index in [-0.39, 0.29) is 23.4 Å². The third kappa shape index (κ3) is 5.49. The standard InChI is InChI=1S/C24H32N2O3S/c1-18(2)20-11-13-21(14-12-20)25-24(27)17-26(22-7-5-4-6-8-22)30(28,29)23-15-9-19(3)10-16-23/h9-16,18,22H,4-8,17H2,1-3H3,(H,25,27). The largest absolute Gasteiger partial charge is 0.325 e. The summed E-state index contributed by atoms with van der Waals surface area (Å²) in [5.41, 5.74) is 2.88. The Morgan fingerprint density at radius 1 is 1.00 bits per heavy atom. The highest BCUT2D eigenvalue weighted by atomic mass is 32.2. The van der Waals surface area contributed by atoms with E-state index in [2.05, 4.69) is 19.2 Å². The van der Waals surface area contributed by atoms with Gasteiger partial charge in [0.2, 0.25) is 15.9 Å². The number of nitrogens with one attached hydrogen (secondary N) is 1. The van der Waals surface area contributed by atoms with Crippen LogP contribution < -0.4 is 5.32 Å². The van der Waals surface area contributed by atoms with Crippen LogP contribution in [-0.4, -0.2) is 31.2 Å². The Kier molecular flexibility index (Phi) is 7.32. The van der Waals surface area contributed by atoms with Gasteiger partial charge in [0.05, 0.1) is 11.4 Å². The zero-order chi connectivity index (χ0) is 21.7. The first-order valence-electron chi connectivity index (χ1n) is 10.8. The molecule has 162 valence electrons. The van der Waals surface area contributed by atoms with E-state index in [9.17, 15) is 13.2 Å². The lowest BCUT2D eigenvalue weighted by Gasteiger charge is -2.33. The van der Waals surface area contributed by atoms with Gasteiger partial charge in [-0.15, -0.1) is 0 Å². The predicted octanol–water partition coefficient (Wildman–Crippen LogP) is 5.08. The number of hydrogen-bond acceptors (Lipinski definition) is 3. The van der Waals surface area contributed by atoms with Gasteiger partial charge in [-0.1, -0.05) is 62.9 Å². The number of amides is 1. The third-order valence-electron chi connectivity index (χ3n) is 5.77. The molecule has 2 aromatic carbocycles. The van der Waals surface area contributed by atoms with Gasteiger partial charge in [-0.25, -0.2) is 8.42 Å². The molecular formula is C24H32N2O3S. The van der Waals surface area contributed by atoms with Crippen molar-refractivity contribution in [1.29, 1.82) is 0 Å². The van der Waals surface area contributed by atoms with Gasteiger partial charge in [-0.3, -0.25) is 4.79 Å². The Balaban J connectivity index is 1.80. The molecule has 1 aliphatic carbocycles. The highest BCUT2D eigenvalue weighted by Gasteiger charge is 2.33. The number of anilines is 1. The normalized spacial score (nSPS) is 15.5. The van der Waals surface area contributed by atoms with Crippen molar-refractivity contribution < 1.29 is 13.2 Å². The van der Waals surface area contributed by atoms with Gasteiger partial charge in [-0.05, 0) is 55.5 Å². The number of carbonyl (C=O) groups excluding carboxylic acids is 1.